The molecule has 0 fully saturated rings. The summed E-state index contributed by atoms with van der Waals surface area (Å²) in [6, 6.07) is 23.8. The SMILES string of the molecule is O=C(NCCc1c[nH]c2ccccc12)c1ccccc1Nc1ccccc1I. The van der Waals surface area contributed by atoms with Crippen molar-refractivity contribution in [1.82, 2.24) is 10.3 Å². The molecule has 1 amide bonds. The molecule has 0 spiro atoms. The van der Waals surface area contributed by atoms with Crippen LogP contribution >= 0.6 is 22.6 Å². The molecule has 3 N–H and O–H groups in total. The number of anilines is 2. The average Bonchev–Trinajstić information content (AvgIpc) is 3.13. The van der Waals surface area contributed by atoms with Gasteiger partial charge in [-0.05, 0) is 64.9 Å². The van der Waals surface area contributed by atoms with Crippen molar-refractivity contribution in [2.24, 2.45) is 0 Å². The predicted molar refractivity (Wildman–Crippen MR) is 123 cm³/mol. The summed E-state index contributed by atoms with van der Waals surface area (Å²) in [4.78, 5) is 16.0. The summed E-state index contributed by atoms with van der Waals surface area (Å²) < 4.78 is 1.11. The largest absolute Gasteiger partial charge is 0.361 e. The first-order valence-corrected chi connectivity index (χ1v) is 10.2. The molecule has 4 nitrogen and oxygen atoms in total. The van der Waals surface area contributed by atoms with Crippen LogP contribution in [0.2, 0.25) is 0 Å². The number of benzene rings is 3. The molecule has 140 valence electrons. The van der Waals surface area contributed by atoms with Crippen molar-refractivity contribution in [1.29, 1.82) is 0 Å². The third-order valence-electron chi connectivity index (χ3n) is 4.67. The van der Waals surface area contributed by atoms with Gasteiger partial charge in [0.1, 0.15) is 0 Å². The van der Waals surface area contributed by atoms with Crippen molar-refractivity contribution < 1.29 is 4.79 Å². The number of halogens is 1. The Kier molecular flexibility index (Phi) is 5.62. The van der Waals surface area contributed by atoms with Crippen LogP contribution in [0.4, 0.5) is 11.4 Å². The summed E-state index contributed by atoms with van der Waals surface area (Å²) in [5, 5.41) is 7.63. The highest BCUT2D eigenvalue weighted by Gasteiger charge is 2.12. The number of amides is 1. The van der Waals surface area contributed by atoms with Gasteiger partial charge in [-0.1, -0.05) is 42.5 Å². The lowest BCUT2D eigenvalue weighted by atomic mass is 10.1. The lowest BCUT2D eigenvalue weighted by Gasteiger charge is -2.13. The van der Waals surface area contributed by atoms with Crippen molar-refractivity contribution in [3.05, 3.63) is 93.7 Å². The Morgan fingerprint density at radius 1 is 0.893 bits per heavy atom. The van der Waals surface area contributed by atoms with Gasteiger partial charge in [-0.3, -0.25) is 4.79 Å². The van der Waals surface area contributed by atoms with Crippen LogP contribution in [0.15, 0.2) is 79.0 Å². The molecule has 4 rings (SSSR count). The Balaban J connectivity index is 1.44. The topological polar surface area (TPSA) is 56.9 Å². The maximum Gasteiger partial charge on any atom is 0.253 e. The van der Waals surface area contributed by atoms with Crippen molar-refractivity contribution in [3.8, 4) is 0 Å². The number of hydrogen-bond acceptors (Lipinski definition) is 2. The van der Waals surface area contributed by atoms with Gasteiger partial charge in [0.25, 0.3) is 5.91 Å². The second-order valence-corrected chi connectivity index (χ2v) is 7.68. The van der Waals surface area contributed by atoms with E-state index < -0.39 is 0 Å². The second kappa shape index (κ2) is 8.48. The van der Waals surface area contributed by atoms with E-state index in [1.807, 2.05) is 66.9 Å². The highest BCUT2D eigenvalue weighted by atomic mass is 127. The molecular formula is C23H20IN3O. The Bertz CT molecular complexity index is 1120. The maximum atomic E-state index is 12.8. The van der Waals surface area contributed by atoms with Gasteiger partial charge in [0, 0.05) is 27.2 Å². The zero-order valence-corrected chi connectivity index (χ0v) is 17.4. The summed E-state index contributed by atoms with van der Waals surface area (Å²) in [6.07, 6.45) is 2.80. The van der Waals surface area contributed by atoms with Gasteiger partial charge in [-0.2, -0.15) is 0 Å². The second-order valence-electron chi connectivity index (χ2n) is 6.52. The molecule has 0 aliphatic rings. The van der Waals surface area contributed by atoms with Crippen molar-refractivity contribution in [3.63, 3.8) is 0 Å². The fraction of sp³-hybridized carbons (Fsp3) is 0.0870. The first-order chi connectivity index (χ1) is 13.7. The smallest absolute Gasteiger partial charge is 0.253 e. The van der Waals surface area contributed by atoms with E-state index in [1.54, 1.807) is 0 Å². The van der Waals surface area contributed by atoms with E-state index in [4.69, 9.17) is 0 Å². The number of H-pyrrole nitrogens is 1. The van der Waals surface area contributed by atoms with E-state index in [2.05, 4.69) is 50.3 Å². The van der Waals surface area contributed by atoms with Crippen molar-refractivity contribution in [2.75, 3.05) is 11.9 Å². The molecule has 0 bridgehead atoms. The standard InChI is InChI=1S/C23H20IN3O/c24-19-9-3-6-12-22(19)27-21-11-5-2-8-18(21)23(28)25-14-13-16-15-26-20-10-4-1-7-17(16)20/h1-12,15,26-27H,13-14H2,(H,25,28). The lowest BCUT2D eigenvalue weighted by Crippen LogP contribution is -2.26. The minimum Gasteiger partial charge on any atom is -0.361 e. The molecule has 0 saturated carbocycles. The summed E-state index contributed by atoms with van der Waals surface area (Å²) >= 11 is 2.29. The molecule has 0 unspecified atom stereocenters. The summed E-state index contributed by atoms with van der Waals surface area (Å²) in [6.45, 7) is 0.581. The highest BCUT2D eigenvalue weighted by molar-refractivity contribution is 14.1. The summed E-state index contributed by atoms with van der Waals surface area (Å²) in [5.74, 6) is -0.0751. The van der Waals surface area contributed by atoms with E-state index in [0.717, 1.165) is 26.9 Å². The lowest BCUT2D eigenvalue weighted by molar-refractivity contribution is 0.0955. The average molecular weight is 481 g/mol. The minimum atomic E-state index is -0.0751. The van der Waals surface area contributed by atoms with Crippen LogP contribution in [0, 0.1) is 3.57 Å². The number of nitrogens with one attached hydrogen (secondary N) is 3. The Morgan fingerprint density at radius 2 is 1.61 bits per heavy atom. The first kappa shape index (κ1) is 18.6. The molecule has 0 atom stereocenters. The molecule has 1 heterocycles. The molecule has 0 aliphatic heterocycles. The number of carbonyl (C=O) groups excluding carboxylic acids is 1. The predicted octanol–water partition coefficient (Wildman–Crippen LogP) is 5.49. The number of aromatic amines is 1. The molecular weight excluding hydrogens is 461 g/mol. The number of fused-ring (bicyclic) bond motifs is 1. The van der Waals surface area contributed by atoms with Crippen LogP contribution in [0.1, 0.15) is 15.9 Å². The van der Waals surface area contributed by atoms with Gasteiger partial charge in [0.05, 0.1) is 16.9 Å². The zero-order chi connectivity index (χ0) is 19.3. The van der Waals surface area contributed by atoms with Crippen molar-refractivity contribution >= 4 is 50.8 Å². The van der Waals surface area contributed by atoms with E-state index in [9.17, 15) is 4.79 Å². The molecule has 0 saturated heterocycles. The fourth-order valence-corrected chi connectivity index (χ4v) is 3.76. The Labute approximate surface area is 177 Å². The molecule has 28 heavy (non-hydrogen) atoms. The van der Waals surface area contributed by atoms with Gasteiger partial charge in [0.2, 0.25) is 0 Å². The fourth-order valence-electron chi connectivity index (χ4n) is 3.24. The van der Waals surface area contributed by atoms with Gasteiger partial charge >= 0.3 is 0 Å². The number of aromatic nitrogens is 1. The maximum absolute atomic E-state index is 12.8. The Morgan fingerprint density at radius 3 is 2.46 bits per heavy atom. The molecule has 0 radical (unpaired) electrons. The van der Waals surface area contributed by atoms with Crippen molar-refractivity contribution in [2.45, 2.75) is 6.42 Å². The van der Waals surface area contributed by atoms with Gasteiger partial charge in [-0.15, -0.1) is 0 Å². The quantitative estimate of drug-likeness (QED) is 0.319. The molecule has 5 heteroatoms. The van der Waals surface area contributed by atoms with Gasteiger partial charge in [-0.25, -0.2) is 0 Å². The Hall–Kier alpha value is -2.80. The van der Waals surface area contributed by atoms with Gasteiger partial charge in [0.15, 0.2) is 0 Å². The van der Waals surface area contributed by atoms with Gasteiger partial charge < -0.3 is 15.6 Å². The number of para-hydroxylation sites is 3. The summed E-state index contributed by atoms with van der Waals surface area (Å²) in [5.41, 5.74) is 4.76. The number of carbonyl (C=O) groups is 1. The normalized spacial score (nSPS) is 10.8. The van der Waals surface area contributed by atoms with E-state index >= 15 is 0 Å². The molecule has 3 aromatic carbocycles. The van der Waals surface area contributed by atoms with Crippen LogP contribution < -0.4 is 10.6 Å². The zero-order valence-electron chi connectivity index (χ0n) is 15.2. The minimum absolute atomic E-state index is 0.0751. The number of hydrogen-bond donors (Lipinski definition) is 3. The number of rotatable bonds is 6. The molecule has 1 aromatic heterocycles. The van der Waals surface area contributed by atoms with Crippen LogP contribution in [0.3, 0.4) is 0 Å². The molecule has 4 aromatic rings. The third kappa shape index (κ3) is 4.04. The van der Waals surface area contributed by atoms with E-state index in [-0.39, 0.29) is 5.91 Å². The highest BCUT2D eigenvalue weighted by Crippen LogP contribution is 2.25. The monoisotopic (exact) mass is 481 g/mol. The van der Waals surface area contributed by atoms with E-state index in [0.29, 0.717) is 12.1 Å². The van der Waals surface area contributed by atoms with Crippen LogP contribution in [-0.2, 0) is 6.42 Å². The van der Waals surface area contributed by atoms with Crippen LogP contribution in [0.5, 0.6) is 0 Å². The first-order valence-electron chi connectivity index (χ1n) is 9.16. The third-order valence-corrected chi connectivity index (χ3v) is 5.61. The van der Waals surface area contributed by atoms with Crippen LogP contribution in [0.25, 0.3) is 10.9 Å². The molecule has 0 aliphatic carbocycles. The van der Waals surface area contributed by atoms with Crippen LogP contribution in [-0.4, -0.2) is 17.4 Å². The van der Waals surface area contributed by atoms with E-state index in [1.165, 1.54) is 10.9 Å². The summed E-state index contributed by atoms with van der Waals surface area (Å²) in [7, 11) is 0.